The molecule has 0 spiro atoms. The summed E-state index contributed by atoms with van der Waals surface area (Å²) in [6.45, 7) is 3.71. The van der Waals surface area contributed by atoms with Crippen molar-refractivity contribution in [2.75, 3.05) is 19.9 Å². The fraction of sp³-hybridized carbons (Fsp3) is 1.00. The molecule has 0 aliphatic carbocycles. The molecule has 0 aromatic rings. The van der Waals surface area contributed by atoms with Gasteiger partial charge in [0.1, 0.15) is 0 Å². The summed E-state index contributed by atoms with van der Waals surface area (Å²) in [6, 6.07) is 0. The predicted octanol–water partition coefficient (Wildman–Crippen LogP) is 1.63. The molecule has 0 bridgehead atoms. The van der Waals surface area contributed by atoms with E-state index < -0.39 is 7.64 Å². The van der Waals surface area contributed by atoms with Crippen LogP contribution in [-0.4, -0.2) is 19.9 Å². The van der Waals surface area contributed by atoms with Gasteiger partial charge in [0.25, 0.3) is 0 Å². The minimum absolute atomic E-state index is 0.757. The first kappa shape index (κ1) is 7.99. The second-order valence-corrected chi connectivity index (χ2v) is 5.47. The summed E-state index contributed by atoms with van der Waals surface area (Å²) >= 11 is 0. The van der Waals surface area contributed by atoms with E-state index in [1.54, 1.807) is 6.66 Å². The van der Waals surface area contributed by atoms with E-state index in [2.05, 4.69) is 4.95 Å². The third-order valence-corrected chi connectivity index (χ3v) is 3.87. The number of hydrogen-bond donors (Lipinski definition) is 0. The van der Waals surface area contributed by atoms with Crippen molar-refractivity contribution in [1.29, 1.82) is 0 Å². The predicted molar refractivity (Wildman–Crippen MR) is 37.6 cm³/mol. The fourth-order valence-corrected chi connectivity index (χ4v) is 0.738. The molecule has 0 saturated carbocycles. The molecule has 8 heavy (non-hydrogen) atoms. The Bertz CT molecular complexity index is 82.1. The molecular formula is C4H12NO2P. The van der Waals surface area contributed by atoms with Crippen LogP contribution in [0.5, 0.6) is 0 Å². The third kappa shape index (κ3) is 1.85. The van der Waals surface area contributed by atoms with Crippen molar-refractivity contribution >= 4 is 7.64 Å². The monoisotopic (exact) mass is 137 g/mol. The SMILES string of the molecule is CC[PH](C)(N=O)OC. The summed E-state index contributed by atoms with van der Waals surface area (Å²) in [6.07, 6.45) is 0.757. The number of nitroso groups, excluding NO2 is 1. The van der Waals surface area contributed by atoms with Crippen LogP contribution in [0, 0.1) is 4.91 Å². The van der Waals surface area contributed by atoms with Gasteiger partial charge in [-0.15, -0.1) is 0 Å². The molecule has 0 rings (SSSR count). The number of nitrogens with zero attached hydrogens (tertiary/aromatic N) is 1. The van der Waals surface area contributed by atoms with E-state index in [0.29, 0.717) is 0 Å². The van der Waals surface area contributed by atoms with Crippen LogP contribution in [0.2, 0.25) is 0 Å². The molecule has 0 radical (unpaired) electrons. The molecule has 0 aromatic heterocycles. The Morgan fingerprint density at radius 3 is 2.25 bits per heavy atom. The van der Waals surface area contributed by atoms with Gasteiger partial charge in [0.05, 0.1) is 0 Å². The van der Waals surface area contributed by atoms with Crippen LogP contribution >= 0.6 is 7.64 Å². The number of hydrogen-bond acceptors (Lipinski definition) is 3. The van der Waals surface area contributed by atoms with Gasteiger partial charge in [-0.1, -0.05) is 0 Å². The first-order valence-corrected chi connectivity index (χ1v) is 5.14. The van der Waals surface area contributed by atoms with Crippen molar-refractivity contribution in [2.24, 2.45) is 4.95 Å². The van der Waals surface area contributed by atoms with Crippen LogP contribution in [0.1, 0.15) is 6.92 Å². The van der Waals surface area contributed by atoms with E-state index in [0.717, 1.165) is 6.16 Å². The number of rotatable bonds is 3. The average molecular weight is 137 g/mol. The van der Waals surface area contributed by atoms with E-state index in [9.17, 15) is 4.91 Å². The maximum absolute atomic E-state index is 9.98. The minimum atomic E-state index is -2.10. The molecular weight excluding hydrogens is 125 g/mol. The summed E-state index contributed by atoms with van der Waals surface area (Å²) < 4.78 is 4.90. The van der Waals surface area contributed by atoms with Gasteiger partial charge in [-0.2, -0.15) is 0 Å². The summed E-state index contributed by atoms with van der Waals surface area (Å²) in [5, 5.41) is 0. The molecule has 0 amide bonds. The van der Waals surface area contributed by atoms with Crippen LogP contribution < -0.4 is 0 Å². The van der Waals surface area contributed by atoms with E-state index in [1.807, 2.05) is 6.92 Å². The first-order chi connectivity index (χ1) is 3.68. The van der Waals surface area contributed by atoms with Gasteiger partial charge >= 0.3 is 48.9 Å². The van der Waals surface area contributed by atoms with Gasteiger partial charge in [-0.25, -0.2) is 0 Å². The van der Waals surface area contributed by atoms with E-state index in [1.165, 1.54) is 7.11 Å². The molecule has 0 N–H and O–H groups in total. The van der Waals surface area contributed by atoms with Gasteiger partial charge in [0.2, 0.25) is 0 Å². The van der Waals surface area contributed by atoms with Gasteiger partial charge in [-0.05, 0) is 0 Å². The Balaban J connectivity index is 3.76. The molecule has 0 heterocycles. The normalized spacial score (nSPS) is 13.4. The van der Waals surface area contributed by atoms with Crippen LogP contribution in [0.3, 0.4) is 0 Å². The molecule has 50 valence electrons. The van der Waals surface area contributed by atoms with Crippen LogP contribution in [0.4, 0.5) is 0 Å². The van der Waals surface area contributed by atoms with Gasteiger partial charge in [0.15, 0.2) is 0 Å². The maximum atomic E-state index is 9.98. The zero-order chi connectivity index (χ0) is 6.62. The van der Waals surface area contributed by atoms with Crippen molar-refractivity contribution in [3.8, 4) is 0 Å². The second-order valence-electron chi connectivity index (χ2n) is 1.82. The van der Waals surface area contributed by atoms with Crippen LogP contribution in [-0.2, 0) is 4.52 Å². The van der Waals surface area contributed by atoms with Gasteiger partial charge in [0, 0.05) is 0 Å². The molecule has 0 saturated heterocycles. The summed E-state index contributed by atoms with van der Waals surface area (Å²) in [5.41, 5.74) is 0. The summed E-state index contributed by atoms with van der Waals surface area (Å²) in [5.74, 6) is 0. The molecule has 0 unspecified atom stereocenters. The standard InChI is InChI=1S/C4H12NO2P/c1-4-8(3,5-6)7-2/h8H,4H2,1-3H3. The Morgan fingerprint density at radius 1 is 1.75 bits per heavy atom. The third-order valence-electron chi connectivity index (χ3n) is 1.29. The quantitative estimate of drug-likeness (QED) is 0.438. The first-order valence-electron chi connectivity index (χ1n) is 2.58. The molecule has 0 fully saturated rings. The Kier molecular flexibility index (Phi) is 3.10. The molecule has 0 aliphatic heterocycles. The Morgan fingerprint density at radius 2 is 2.25 bits per heavy atom. The molecule has 0 aliphatic rings. The molecule has 0 aromatic carbocycles. The van der Waals surface area contributed by atoms with E-state index >= 15 is 0 Å². The zero-order valence-corrected chi connectivity index (χ0v) is 6.47. The molecule has 3 nitrogen and oxygen atoms in total. The van der Waals surface area contributed by atoms with E-state index in [-0.39, 0.29) is 0 Å². The molecule has 0 atom stereocenters. The average Bonchev–Trinajstić information content (AvgIpc) is 1.87. The topological polar surface area (TPSA) is 38.7 Å². The second kappa shape index (κ2) is 3.10. The van der Waals surface area contributed by atoms with Crippen molar-refractivity contribution in [3.63, 3.8) is 0 Å². The van der Waals surface area contributed by atoms with Gasteiger partial charge < -0.3 is 0 Å². The van der Waals surface area contributed by atoms with Crippen molar-refractivity contribution in [3.05, 3.63) is 4.91 Å². The van der Waals surface area contributed by atoms with Crippen molar-refractivity contribution in [2.45, 2.75) is 6.92 Å². The Labute approximate surface area is 49.9 Å². The van der Waals surface area contributed by atoms with E-state index in [4.69, 9.17) is 4.52 Å². The van der Waals surface area contributed by atoms with Crippen LogP contribution in [0.25, 0.3) is 0 Å². The van der Waals surface area contributed by atoms with Crippen molar-refractivity contribution in [1.82, 2.24) is 0 Å². The Hall–Kier alpha value is -0.0100. The van der Waals surface area contributed by atoms with Gasteiger partial charge in [-0.3, -0.25) is 0 Å². The zero-order valence-electron chi connectivity index (χ0n) is 5.47. The fourth-order valence-electron chi connectivity index (χ4n) is 0.246. The summed E-state index contributed by atoms with van der Waals surface area (Å²) in [7, 11) is -0.563. The summed E-state index contributed by atoms with van der Waals surface area (Å²) in [4.78, 5) is 12.9. The van der Waals surface area contributed by atoms with Crippen molar-refractivity contribution < 1.29 is 4.52 Å². The van der Waals surface area contributed by atoms with Crippen LogP contribution in [0.15, 0.2) is 4.95 Å². The molecule has 4 heteroatoms.